The van der Waals surface area contributed by atoms with Gasteiger partial charge in [-0.05, 0) is 12.8 Å². The van der Waals surface area contributed by atoms with Gasteiger partial charge in [0.2, 0.25) is 0 Å². The molecule has 1 fully saturated rings. The number of rotatable bonds is 3. The largest absolute Gasteiger partial charge is 0.383 e. The van der Waals surface area contributed by atoms with Gasteiger partial charge in [0.15, 0.2) is 0 Å². The fraction of sp³-hybridized carbons (Fsp3) is 0.889. The lowest BCUT2D eigenvalue weighted by atomic mass is 9.95. The second-order valence-electron chi connectivity index (χ2n) is 3.80. The molecule has 0 heterocycles. The van der Waals surface area contributed by atoms with E-state index in [9.17, 15) is 22.4 Å². The minimum absolute atomic E-state index is 0.126. The van der Waals surface area contributed by atoms with Crippen LogP contribution in [0.25, 0.3) is 0 Å². The Morgan fingerprint density at radius 3 is 2.38 bits per heavy atom. The Morgan fingerprint density at radius 1 is 1.31 bits per heavy atom. The van der Waals surface area contributed by atoms with E-state index in [1.807, 2.05) is 5.32 Å². The first-order valence-corrected chi connectivity index (χ1v) is 5.88. The van der Waals surface area contributed by atoms with Crippen LogP contribution in [-0.2, 0) is 4.79 Å². The lowest BCUT2D eigenvalue weighted by molar-refractivity contribution is -0.170. The van der Waals surface area contributed by atoms with E-state index in [0.717, 1.165) is 19.3 Å². The average molecular weight is 306 g/mol. The molecule has 2 nitrogen and oxygen atoms in total. The van der Waals surface area contributed by atoms with Crippen molar-refractivity contribution in [1.29, 1.82) is 0 Å². The molecule has 1 aliphatic rings. The summed E-state index contributed by atoms with van der Waals surface area (Å²) in [5, 5.41) is 1.97. The Kier molecular flexibility index (Phi) is 4.58. The maximum atomic E-state index is 12.6. The van der Waals surface area contributed by atoms with Crippen LogP contribution in [0.4, 0.5) is 17.6 Å². The molecule has 1 saturated carbocycles. The van der Waals surface area contributed by atoms with Crippen LogP contribution in [0.1, 0.15) is 25.7 Å². The lowest BCUT2D eigenvalue weighted by Gasteiger charge is -2.29. The van der Waals surface area contributed by atoms with Crippen molar-refractivity contribution in [3.8, 4) is 0 Å². The first-order chi connectivity index (χ1) is 7.35. The molecule has 94 valence electrons. The number of alkyl halides is 5. The van der Waals surface area contributed by atoms with Crippen LogP contribution in [0.15, 0.2) is 0 Å². The molecule has 0 aliphatic heterocycles. The molecule has 16 heavy (non-hydrogen) atoms. The van der Waals surface area contributed by atoms with Crippen molar-refractivity contribution in [2.45, 2.75) is 48.9 Å². The maximum Gasteiger partial charge on any atom is 0.383 e. The molecular formula is C9H12BrF4NO. The van der Waals surface area contributed by atoms with E-state index in [4.69, 9.17) is 0 Å². The molecule has 0 bridgehead atoms. The fourth-order valence-electron chi connectivity index (χ4n) is 1.61. The Hall–Kier alpha value is -0.330. The zero-order valence-corrected chi connectivity index (χ0v) is 9.94. The van der Waals surface area contributed by atoms with Gasteiger partial charge >= 0.3 is 12.3 Å². The second-order valence-corrected chi connectivity index (χ2v) is 4.98. The fourth-order valence-corrected chi connectivity index (χ4v) is 2.33. The highest BCUT2D eigenvalue weighted by Gasteiger charge is 2.49. The molecule has 1 aliphatic carbocycles. The van der Waals surface area contributed by atoms with Crippen LogP contribution < -0.4 is 5.32 Å². The molecule has 2 atom stereocenters. The molecule has 0 radical (unpaired) electrons. The van der Waals surface area contributed by atoms with Crippen LogP contribution in [0.2, 0.25) is 0 Å². The lowest BCUT2D eigenvalue weighted by Crippen LogP contribution is -2.52. The van der Waals surface area contributed by atoms with Crippen LogP contribution in [-0.4, -0.2) is 29.1 Å². The summed E-state index contributed by atoms with van der Waals surface area (Å²) in [6.45, 7) is 0. The molecule has 1 rings (SSSR count). The number of nitrogens with one attached hydrogen (secondary N) is 1. The molecule has 1 N–H and O–H groups in total. The van der Waals surface area contributed by atoms with Gasteiger partial charge in [-0.25, -0.2) is 8.78 Å². The van der Waals surface area contributed by atoms with Gasteiger partial charge in [-0.1, -0.05) is 28.8 Å². The van der Waals surface area contributed by atoms with Crippen molar-refractivity contribution in [3.63, 3.8) is 0 Å². The molecule has 0 aromatic carbocycles. The number of hydrogen-bond donors (Lipinski definition) is 1. The third-order valence-electron chi connectivity index (χ3n) is 2.57. The molecule has 2 unspecified atom stereocenters. The monoisotopic (exact) mass is 305 g/mol. The summed E-state index contributed by atoms with van der Waals surface area (Å²) in [6, 6.07) is -0.495. The van der Waals surface area contributed by atoms with E-state index in [1.165, 1.54) is 0 Å². The van der Waals surface area contributed by atoms with Crippen molar-refractivity contribution in [3.05, 3.63) is 0 Å². The summed E-state index contributed by atoms with van der Waals surface area (Å²) in [4.78, 5) is 10.8. The second kappa shape index (κ2) is 5.33. The molecule has 0 aromatic rings. The summed E-state index contributed by atoms with van der Waals surface area (Å²) in [6.07, 6.45) is -0.961. The highest BCUT2D eigenvalue weighted by atomic mass is 79.9. The number of hydrogen-bond acceptors (Lipinski definition) is 1. The highest BCUT2D eigenvalue weighted by molar-refractivity contribution is 9.09. The normalized spacial score (nSPS) is 26.9. The molecule has 0 saturated heterocycles. The number of halogens is 5. The smallest absolute Gasteiger partial charge is 0.347 e. The SMILES string of the molecule is O=C(NC1CCCCC1Br)C(F)(F)C(F)F. The first kappa shape index (κ1) is 13.7. The van der Waals surface area contributed by atoms with Gasteiger partial charge in [0.05, 0.1) is 0 Å². The van der Waals surface area contributed by atoms with Gasteiger partial charge < -0.3 is 5.32 Å². The number of carbonyl (C=O) groups excluding carboxylic acids is 1. The summed E-state index contributed by atoms with van der Waals surface area (Å²) < 4.78 is 49.1. The quantitative estimate of drug-likeness (QED) is 0.630. The summed E-state index contributed by atoms with van der Waals surface area (Å²) >= 11 is 3.24. The maximum absolute atomic E-state index is 12.6. The summed E-state index contributed by atoms with van der Waals surface area (Å²) in [7, 11) is 0. The van der Waals surface area contributed by atoms with Crippen LogP contribution >= 0.6 is 15.9 Å². The van der Waals surface area contributed by atoms with Gasteiger partial charge in [-0.3, -0.25) is 4.79 Å². The van der Waals surface area contributed by atoms with E-state index in [1.54, 1.807) is 0 Å². The van der Waals surface area contributed by atoms with Gasteiger partial charge in [0.1, 0.15) is 0 Å². The van der Waals surface area contributed by atoms with Gasteiger partial charge in [-0.15, -0.1) is 0 Å². The zero-order valence-electron chi connectivity index (χ0n) is 8.36. The Labute approximate surface area is 98.9 Å². The predicted octanol–water partition coefficient (Wildman–Crippen LogP) is 2.71. The minimum Gasteiger partial charge on any atom is -0.347 e. The van der Waals surface area contributed by atoms with Crippen molar-refractivity contribution >= 4 is 21.8 Å². The van der Waals surface area contributed by atoms with E-state index < -0.39 is 24.3 Å². The summed E-state index contributed by atoms with van der Waals surface area (Å²) in [5.41, 5.74) is 0. The van der Waals surface area contributed by atoms with Crippen LogP contribution in [0, 0.1) is 0 Å². The van der Waals surface area contributed by atoms with Crippen LogP contribution in [0.5, 0.6) is 0 Å². The number of amides is 1. The summed E-state index contributed by atoms with van der Waals surface area (Å²) in [5.74, 6) is -6.50. The molecular weight excluding hydrogens is 294 g/mol. The van der Waals surface area contributed by atoms with Crippen molar-refractivity contribution < 1.29 is 22.4 Å². The van der Waals surface area contributed by atoms with Gasteiger partial charge in [0.25, 0.3) is 5.91 Å². The van der Waals surface area contributed by atoms with Crippen LogP contribution in [0.3, 0.4) is 0 Å². The molecule has 0 aromatic heterocycles. The standard InChI is InChI=1S/C9H12BrF4NO/c10-5-3-1-2-4-6(5)15-8(16)9(13,14)7(11)12/h5-7H,1-4H2,(H,15,16). The molecule has 0 spiro atoms. The van der Waals surface area contributed by atoms with E-state index in [2.05, 4.69) is 15.9 Å². The van der Waals surface area contributed by atoms with E-state index in [0.29, 0.717) is 6.42 Å². The Bertz CT molecular complexity index is 262. The molecule has 1 amide bonds. The third-order valence-corrected chi connectivity index (χ3v) is 3.67. The Balaban J connectivity index is 2.56. The van der Waals surface area contributed by atoms with Gasteiger partial charge in [-0.2, -0.15) is 8.78 Å². The minimum atomic E-state index is -4.61. The topological polar surface area (TPSA) is 29.1 Å². The van der Waals surface area contributed by atoms with Crippen molar-refractivity contribution in [2.24, 2.45) is 0 Å². The first-order valence-electron chi connectivity index (χ1n) is 4.96. The van der Waals surface area contributed by atoms with Crippen molar-refractivity contribution in [2.75, 3.05) is 0 Å². The Morgan fingerprint density at radius 2 is 1.88 bits per heavy atom. The zero-order chi connectivity index (χ0) is 12.3. The third kappa shape index (κ3) is 3.09. The van der Waals surface area contributed by atoms with Crippen molar-refractivity contribution in [1.82, 2.24) is 5.32 Å². The average Bonchev–Trinajstić information content (AvgIpc) is 2.21. The van der Waals surface area contributed by atoms with Gasteiger partial charge in [0, 0.05) is 10.9 Å². The number of carbonyl (C=O) groups is 1. The van der Waals surface area contributed by atoms with E-state index in [-0.39, 0.29) is 4.83 Å². The highest BCUT2D eigenvalue weighted by Crippen LogP contribution is 2.27. The predicted molar refractivity (Wildman–Crippen MR) is 54.1 cm³/mol. The van der Waals surface area contributed by atoms with E-state index >= 15 is 0 Å². The molecule has 7 heteroatoms.